The predicted octanol–water partition coefficient (Wildman–Crippen LogP) is 4.79. The van der Waals surface area contributed by atoms with Crippen molar-refractivity contribution in [2.75, 3.05) is 0 Å². The molecule has 0 spiro atoms. The molecule has 96 valence electrons. The standard InChI is InChI=1S/C14H16Cl2N2/c1-9(10-4-2-5-10)18-13(8-15)17-12-7-3-6-11(16)14(12)18/h3,6-7,9-10H,2,4-5,8H2,1H3. The van der Waals surface area contributed by atoms with Crippen molar-refractivity contribution in [3.8, 4) is 0 Å². The van der Waals surface area contributed by atoms with E-state index in [1.807, 2.05) is 18.2 Å². The van der Waals surface area contributed by atoms with Gasteiger partial charge in [0.15, 0.2) is 0 Å². The highest BCUT2D eigenvalue weighted by Gasteiger charge is 2.28. The van der Waals surface area contributed by atoms with Gasteiger partial charge in [0.2, 0.25) is 0 Å². The van der Waals surface area contributed by atoms with Gasteiger partial charge < -0.3 is 4.57 Å². The van der Waals surface area contributed by atoms with Crippen molar-refractivity contribution in [2.24, 2.45) is 5.92 Å². The number of halogens is 2. The van der Waals surface area contributed by atoms with Gasteiger partial charge in [-0.05, 0) is 37.8 Å². The first-order chi connectivity index (χ1) is 8.72. The monoisotopic (exact) mass is 282 g/mol. The van der Waals surface area contributed by atoms with Crippen LogP contribution in [0.5, 0.6) is 0 Å². The van der Waals surface area contributed by atoms with Crippen LogP contribution in [0.15, 0.2) is 18.2 Å². The van der Waals surface area contributed by atoms with E-state index in [1.165, 1.54) is 19.3 Å². The van der Waals surface area contributed by atoms with Crippen molar-refractivity contribution in [1.82, 2.24) is 9.55 Å². The molecular formula is C14H16Cl2N2. The van der Waals surface area contributed by atoms with Gasteiger partial charge in [-0.2, -0.15) is 0 Å². The zero-order valence-electron chi connectivity index (χ0n) is 10.4. The van der Waals surface area contributed by atoms with Gasteiger partial charge in [0.25, 0.3) is 0 Å². The normalized spacial score (nSPS) is 17.9. The molecule has 1 atom stereocenters. The number of imidazole rings is 1. The van der Waals surface area contributed by atoms with Crippen LogP contribution in [0.25, 0.3) is 11.0 Å². The molecule has 2 aromatic rings. The lowest BCUT2D eigenvalue weighted by Gasteiger charge is -2.33. The number of para-hydroxylation sites is 1. The lowest BCUT2D eigenvalue weighted by molar-refractivity contribution is 0.223. The lowest BCUT2D eigenvalue weighted by Crippen LogP contribution is -2.24. The first-order valence-corrected chi connectivity index (χ1v) is 7.35. The molecular weight excluding hydrogens is 267 g/mol. The van der Waals surface area contributed by atoms with Crippen molar-refractivity contribution in [3.05, 3.63) is 29.0 Å². The summed E-state index contributed by atoms with van der Waals surface area (Å²) in [6.07, 6.45) is 3.94. The Morgan fingerprint density at radius 2 is 2.22 bits per heavy atom. The molecule has 1 aromatic carbocycles. The highest BCUT2D eigenvalue weighted by molar-refractivity contribution is 6.35. The number of aromatic nitrogens is 2. The summed E-state index contributed by atoms with van der Waals surface area (Å²) in [5.74, 6) is 2.10. The summed E-state index contributed by atoms with van der Waals surface area (Å²) in [6.45, 7) is 2.25. The third-order valence-electron chi connectivity index (χ3n) is 4.09. The van der Waals surface area contributed by atoms with E-state index < -0.39 is 0 Å². The number of rotatable bonds is 3. The zero-order chi connectivity index (χ0) is 12.7. The molecule has 0 amide bonds. The Morgan fingerprint density at radius 3 is 2.83 bits per heavy atom. The van der Waals surface area contributed by atoms with Crippen LogP contribution < -0.4 is 0 Å². The van der Waals surface area contributed by atoms with Crippen molar-refractivity contribution in [1.29, 1.82) is 0 Å². The minimum Gasteiger partial charge on any atom is -0.323 e. The van der Waals surface area contributed by atoms with E-state index in [0.717, 1.165) is 27.8 Å². The van der Waals surface area contributed by atoms with Crippen LogP contribution in [0, 0.1) is 5.92 Å². The van der Waals surface area contributed by atoms with Gasteiger partial charge >= 0.3 is 0 Å². The highest BCUT2D eigenvalue weighted by Crippen LogP contribution is 2.39. The molecule has 1 heterocycles. The smallest absolute Gasteiger partial charge is 0.125 e. The summed E-state index contributed by atoms with van der Waals surface area (Å²) in [6, 6.07) is 6.29. The average molecular weight is 283 g/mol. The van der Waals surface area contributed by atoms with Gasteiger partial charge in [-0.15, -0.1) is 11.6 Å². The Hall–Kier alpha value is -0.730. The number of alkyl halides is 1. The number of hydrogen-bond donors (Lipinski definition) is 0. The summed E-state index contributed by atoms with van der Waals surface area (Å²) in [5.41, 5.74) is 1.98. The summed E-state index contributed by atoms with van der Waals surface area (Å²) in [5, 5.41) is 0.766. The number of hydrogen-bond acceptors (Lipinski definition) is 1. The molecule has 0 bridgehead atoms. The molecule has 3 rings (SSSR count). The maximum Gasteiger partial charge on any atom is 0.125 e. The number of fused-ring (bicyclic) bond motifs is 1. The van der Waals surface area contributed by atoms with Gasteiger partial charge in [0.1, 0.15) is 5.82 Å². The van der Waals surface area contributed by atoms with Crippen LogP contribution in [-0.4, -0.2) is 9.55 Å². The van der Waals surface area contributed by atoms with Crippen LogP contribution in [0.1, 0.15) is 38.1 Å². The molecule has 0 N–H and O–H groups in total. The number of nitrogens with zero attached hydrogens (tertiary/aromatic N) is 2. The highest BCUT2D eigenvalue weighted by atomic mass is 35.5. The van der Waals surface area contributed by atoms with E-state index in [9.17, 15) is 0 Å². The predicted molar refractivity (Wildman–Crippen MR) is 76.4 cm³/mol. The lowest BCUT2D eigenvalue weighted by atomic mass is 9.80. The topological polar surface area (TPSA) is 17.8 Å². The van der Waals surface area contributed by atoms with Gasteiger partial charge in [0, 0.05) is 6.04 Å². The molecule has 2 nitrogen and oxygen atoms in total. The van der Waals surface area contributed by atoms with E-state index in [1.54, 1.807) is 0 Å². The van der Waals surface area contributed by atoms with Gasteiger partial charge in [-0.1, -0.05) is 24.1 Å². The Balaban J connectivity index is 2.17. The Labute approximate surface area is 117 Å². The number of benzene rings is 1. The van der Waals surface area contributed by atoms with Crippen LogP contribution in [-0.2, 0) is 5.88 Å². The maximum absolute atomic E-state index is 6.34. The molecule has 0 saturated heterocycles. The molecule has 1 aromatic heterocycles. The third-order valence-corrected chi connectivity index (χ3v) is 4.64. The van der Waals surface area contributed by atoms with Gasteiger partial charge in [-0.3, -0.25) is 0 Å². The van der Waals surface area contributed by atoms with Gasteiger partial charge in [-0.25, -0.2) is 4.98 Å². The van der Waals surface area contributed by atoms with E-state index in [2.05, 4.69) is 16.5 Å². The largest absolute Gasteiger partial charge is 0.323 e. The minimum absolute atomic E-state index is 0.428. The first-order valence-electron chi connectivity index (χ1n) is 6.43. The maximum atomic E-state index is 6.34. The van der Waals surface area contributed by atoms with Crippen LogP contribution >= 0.6 is 23.2 Å². The minimum atomic E-state index is 0.428. The van der Waals surface area contributed by atoms with E-state index >= 15 is 0 Å². The molecule has 1 aliphatic carbocycles. The Morgan fingerprint density at radius 1 is 1.44 bits per heavy atom. The second-order valence-corrected chi connectivity index (χ2v) is 5.75. The Bertz CT molecular complexity index is 572. The average Bonchev–Trinajstić information content (AvgIpc) is 2.66. The van der Waals surface area contributed by atoms with E-state index in [0.29, 0.717) is 11.9 Å². The molecule has 1 unspecified atom stereocenters. The fourth-order valence-corrected chi connectivity index (χ4v) is 3.27. The molecule has 1 saturated carbocycles. The summed E-state index contributed by atoms with van der Waals surface area (Å²) < 4.78 is 2.24. The molecule has 1 aliphatic rings. The van der Waals surface area contributed by atoms with Crippen LogP contribution in [0.2, 0.25) is 5.02 Å². The summed E-state index contributed by atoms with van der Waals surface area (Å²) in [4.78, 5) is 4.60. The van der Waals surface area contributed by atoms with Crippen molar-refractivity contribution >= 4 is 34.2 Å². The molecule has 0 aliphatic heterocycles. The van der Waals surface area contributed by atoms with Crippen LogP contribution in [0.3, 0.4) is 0 Å². The molecule has 1 fully saturated rings. The zero-order valence-corrected chi connectivity index (χ0v) is 11.9. The Kier molecular flexibility index (Phi) is 3.25. The third kappa shape index (κ3) is 1.83. The quantitative estimate of drug-likeness (QED) is 0.740. The van der Waals surface area contributed by atoms with E-state index in [4.69, 9.17) is 23.2 Å². The summed E-state index contributed by atoms with van der Waals surface area (Å²) >= 11 is 12.4. The van der Waals surface area contributed by atoms with Crippen molar-refractivity contribution in [2.45, 2.75) is 38.1 Å². The van der Waals surface area contributed by atoms with Crippen molar-refractivity contribution < 1.29 is 0 Å². The van der Waals surface area contributed by atoms with Crippen LogP contribution in [0.4, 0.5) is 0 Å². The first kappa shape index (κ1) is 12.3. The summed E-state index contributed by atoms with van der Waals surface area (Å²) in [7, 11) is 0. The SMILES string of the molecule is CC(C1CCC1)n1c(CCl)nc2cccc(Cl)c21. The molecule has 4 heteroatoms. The second kappa shape index (κ2) is 4.75. The van der Waals surface area contributed by atoms with Gasteiger partial charge in [0.05, 0.1) is 21.9 Å². The van der Waals surface area contributed by atoms with E-state index in [-0.39, 0.29) is 0 Å². The fourth-order valence-electron chi connectivity index (χ4n) is 2.82. The molecule has 0 radical (unpaired) electrons. The second-order valence-electron chi connectivity index (χ2n) is 5.07. The molecule has 18 heavy (non-hydrogen) atoms. The fraction of sp³-hybridized carbons (Fsp3) is 0.500. The van der Waals surface area contributed by atoms with Crippen molar-refractivity contribution in [3.63, 3.8) is 0 Å².